The molecule has 1 atom stereocenters. The fourth-order valence-corrected chi connectivity index (χ4v) is 3.53. The Balaban J connectivity index is 1.69. The molecule has 2 aliphatic rings. The number of carbonyl (C=O) groups excluding carboxylic acids is 1. The molecule has 0 bridgehead atoms. The summed E-state index contributed by atoms with van der Waals surface area (Å²) in [6.07, 6.45) is 1.89. The van der Waals surface area contributed by atoms with Crippen LogP contribution < -0.4 is 0 Å². The lowest BCUT2D eigenvalue weighted by Gasteiger charge is -2.32. The van der Waals surface area contributed by atoms with Gasteiger partial charge in [-0.05, 0) is 35.8 Å². The molecular weight excluding hydrogens is 278 g/mol. The van der Waals surface area contributed by atoms with Crippen LogP contribution >= 0.6 is 11.3 Å². The van der Waals surface area contributed by atoms with E-state index in [0.717, 1.165) is 4.88 Å². The predicted octanol–water partition coefficient (Wildman–Crippen LogP) is 1.94. The molecule has 2 fully saturated rings. The van der Waals surface area contributed by atoms with Gasteiger partial charge in [0.15, 0.2) is 0 Å². The number of rotatable bonds is 4. The largest absolute Gasteiger partial charge is 0.481 e. The molecule has 1 aliphatic heterocycles. The number of thiophene rings is 1. The first-order valence-corrected chi connectivity index (χ1v) is 7.73. The lowest BCUT2D eigenvalue weighted by Crippen LogP contribution is -2.46. The van der Waals surface area contributed by atoms with Crippen LogP contribution in [0.3, 0.4) is 0 Å². The van der Waals surface area contributed by atoms with Gasteiger partial charge in [0.25, 0.3) is 5.91 Å². The van der Waals surface area contributed by atoms with Gasteiger partial charge in [-0.25, -0.2) is 0 Å². The van der Waals surface area contributed by atoms with Crippen LogP contribution in [0, 0.1) is 0 Å². The highest BCUT2D eigenvalue weighted by molar-refractivity contribution is 7.12. The zero-order valence-electron chi connectivity index (χ0n) is 11.1. The summed E-state index contributed by atoms with van der Waals surface area (Å²) >= 11 is 1.49. The number of morpholine rings is 1. The number of carboxylic acids is 1. The maximum Gasteiger partial charge on any atom is 0.306 e. The summed E-state index contributed by atoms with van der Waals surface area (Å²) in [5.74, 6) is -0.310. The lowest BCUT2D eigenvalue weighted by molar-refractivity contribution is -0.141. The summed E-state index contributed by atoms with van der Waals surface area (Å²) in [6, 6.07) is 2.05. The normalized spacial score (nSPS) is 22.8. The van der Waals surface area contributed by atoms with Crippen molar-refractivity contribution in [1.82, 2.24) is 4.90 Å². The second kappa shape index (κ2) is 5.54. The first kappa shape index (κ1) is 13.6. The Morgan fingerprint density at radius 1 is 1.45 bits per heavy atom. The molecule has 20 heavy (non-hydrogen) atoms. The van der Waals surface area contributed by atoms with Crippen LogP contribution in [0.25, 0.3) is 0 Å². The standard InChI is InChI=1S/C14H17NO4S/c16-12(17)7-10-8-15(4-5-19-10)14(18)13-11(3-6-20-13)9-1-2-9/h3,6,9-10H,1-2,4-5,7-8H2,(H,16,17)/t10-/m0/s1. The van der Waals surface area contributed by atoms with Crippen molar-refractivity contribution in [2.45, 2.75) is 31.3 Å². The Morgan fingerprint density at radius 2 is 2.25 bits per heavy atom. The van der Waals surface area contributed by atoms with Crippen LogP contribution in [0.2, 0.25) is 0 Å². The number of nitrogens with zero attached hydrogens (tertiary/aromatic N) is 1. The van der Waals surface area contributed by atoms with Crippen molar-refractivity contribution in [3.8, 4) is 0 Å². The molecule has 5 nitrogen and oxygen atoms in total. The highest BCUT2D eigenvalue weighted by Gasteiger charge is 2.32. The van der Waals surface area contributed by atoms with Crippen molar-refractivity contribution in [2.24, 2.45) is 0 Å². The van der Waals surface area contributed by atoms with Gasteiger partial charge in [-0.2, -0.15) is 0 Å². The van der Waals surface area contributed by atoms with E-state index in [2.05, 4.69) is 0 Å². The Hall–Kier alpha value is -1.40. The molecule has 1 saturated heterocycles. The third-order valence-electron chi connectivity index (χ3n) is 3.74. The minimum Gasteiger partial charge on any atom is -0.481 e. The van der Waals surface area contributed by atoms with Gasteiger partial charge < -0.3 is 14.7 Å². The molecule has 108 valence electrons. The van der Waals surface area contributed by atoms with Gasteiger partial charge in [-0.3, -0.25) is 9.59 Å². The molecule has 2 heterocycles. The van der Waals surface area contributed by atoms with Crippen LogP contribution in [-0.2, 0) is 9.53 Å². The third kappa shape index (κ3) is 2.86. The SMILES string of the molecule is O=C(O)C[C@H]1CN(C(=O)c2sccc2C2CC2)CCO1. The topological polar surface area (TPSA) is 66.8 Å². The zero-order chi connectivity index (χ0) is 14.1. The first-order chi connectivity index (χ1) is 9.65. The van der Waals surface area contributed by atoms with Crippen LogP contribution in [0.4, 0.5) is 0 Å². The maximum absolute atomic E-state index is 12.6. The average molecular weight is 295 g/mol. The molecule has 6 heteroatoms. The number of carbonyl (C=O) groups is 2. The number of hydrogen-bond acceptors (Lipinski definition) is 4. The summed E-state index contributed by atoms with van der Waals surface area (Å²) in [7, 11) is 0. The molecule has 1 aliphatic carbocycles. The van der Waals surface area contributed by atoms with E-state index >= 15 is 0 Å². The summed E-state index contributed by atoms with van der Waals surface area (Å²) in [5, 5.41) is 10.8. The molecule has 0 aromatic carbocycles. The van der Waals surface area contributed by atoms with Crippen molar-refractivity contribution in [1.29, 1.82) is 0 Å². The molecular formula is C14H17NO4S. The van der Waals surface area contributed by atoms with Gasteiger partial charge in [0.2, 0.25) is 0 Å². The maximum atomic E-state index is 12.6. The Labute approximate surface area is 121 Å². The van der Waals surface area contributed by atoms with Crippen LogP contribution in [0.15, 0.2) is 11.4 Å². The smallest absolute Gasteiger partial charge is 0.306 e. The highest BCUT2D eigenvalue weighted by atomic mass is 32.1. The number of carboxylic acid groups (broad SMARTS) is 1. The van der Waals surface area contributed by atoms with Crippen molar-refractivity contribution in [3.05, 3.63) is 21.9 Å². The van der Waals surface area contributed by atoms with Gasteiger partial charge in [0.1, 0.15) is 0 Å². The van der Waals surface area contributed by atoms with Gasteiger partial charge in [-0.15, -0.1) is 11.3 Å². The van der Waals surface area contributed by atoms with Crippen molar-refractivity contribution in [3.63, 3.8) is 0 Å². The molecule has 0 radical (unpaired) electrons. The van der Waals surface area contributed by atoms with Gasteiger partial charge >= 0.3 is 5.97 Å². The van der Waals surface area contributed by atoms with E-state index in [0.29, 0.717) is 25.6 Å². The van der Waals surface area contributed by atoms with E-state index in [1.165, 1.54) is 29.7 Å². The molecule has 1 aromatic rings. The molecule has 0 spiro atoms. The molecule has 1 aromatic heterocycles. The Morgan fingerprint density at radius 3 is 2.95 bits per heavy atom. The summed E-state index contributed by atoms with van der Waals surface area (Å²) in [6.45, 7) is 1.32. The molecule has 3 rings (SSSR count). The van der Waals surface area contributed by atoms with Crippen molar-refractivity contribution >= 4 is 23.2 Å². The minimum atomic E-state index is -0.890. The third-order valence-corrected chi connectivity index (χ3v) is 4.65. The monoisotopic (exact) mass is 295 g/mol. The van der Waals surface area contributed by atoms with E-state index in [-0.39, 0.29) is 12.3 Å². The summed E-state index contributed by atoms with van der Waals surface area (Å²) in [4.78, 5) is 25.9. The van der Waals surface area contributed by atoms with Crippen LogP contribution in [0.1, 0.15) is 40.4 Å². The fourth-order valence-electron chi connectivity index (χ4n) is 2.57. The second-order valence-corrected chi connectivity index (χ2v) is 6.24. The van der Waals surface area contributed by atoms with E-state index in [1.54, 1.807) is 4.90 Å². The highest BCUT2D eigenvalue weighted by Crippen LogP contribution is 2.43. The second-order valence-electron chi connectivity index (χ2n) is 5.32. The number of aliphatic carboxylic acids is 1. The van der Waals surface area contributed by atoms with Crippen LogP contribution in [-0.4, -0.2) is 47.7 Å². The minimum absolute atomic E-state index is 0.0283. The van der Waals surface area contributed by atoms with Gasteiger partial charge in [0, 0.05) is 13.1 Å². The number of hydrogen-bond donors (Lipinski definition) is 1. The van der Waals surface area contributed by atoms with E-state index in [4.69, 9.17) is 9.84 Å². The molecule has 1 amide bonds. The Bertz CT molecular complexity index is 523. The molecule has 1 N–H and O–H groups in total. The number of amides is 1. The average Bonchev–Trinajstić information content (AvgIpc) is 3.15. The van der Waals surface area contributed by atoms with Crippen molar-refractivity contribution < 1.29 is 19.4 Å². The quantitative estimate of drug-likeness (QED) is 0.922. The molecule has 0 unspecified atom stereocenters. The van der Waals surface area contributed by atoms with Gasteiger partial charge in [-0.1, -0.05) is 0 Å². The lowest BCUT2D eigenvalue weighted by atomic mass is 10.1. The van der Waals surface area contributed by atoms with Crippen molar-refractivity contribution in [2.75, 3.05) is 19.7 Å². The zero-order valence-corrected chi connectivity index (χ0v) is 11.9. The molecule has 1 saturated carbocycles. The number of ether oxygens (including phenoxy) is 1. The van der Waals surface area contributed by atoms with Crippen LogP contribution in [0.5, 0.6) is 0 Å². The Kier molecular flexibility index (Phi) is 3.76. The van der Waals surface area contributed by atoms with Gasteiger partial charge in [0.05, 0.1) is 24.0 Å². The first-order valence-electron chi connectivity index (χ1n) is 6.85. The summed E-state index contributed by atoms with van der Waals surface area (Å²) in [5.41, 5.74) is 1.17. The predicted molar refractivity (Wildman–Crippen MR) is 74.2 cm³/mol. The summed E-state index contributed by atoms with van der Waals surface area (Å²) < 4.78 is 5.41. The van der Waals surface area contributed by atoms with E-state index in [1.807, 2.05) is 11.4 Å². The fraction of sp³-hybridized carbons (Fsp3) is 0.571. The van der Waals surface area contributed by atoms with E-state index < -0.39 is 12.1 Å². The van der Waals surface area contributed by atoms with E-state index in [9.17, 15) is 9.59 Å².